The lowest BCUT2D eigenvalue weighted by molar-refractivity contribution is 0.0384. The van der Waals surface area contributed by atoms with Gasteiger partial charge in [0.25, 0.3) is 5.91 Å². The molecular formula is C31H27N3O3S. The standard InChI is InChI=1S/C31H27N3O3S/c1-31-17-27(26-11-5-10-25(28(26)37-31)23-13-15-38-19-23)32-30(36)34(31)24-9-4-8-21(16-24)29(35)33-14-12-20-6-2-3-7-22(20)18-33/h2-11,13,15-16,19,27H,12,14,17-18H2,1H3,(H,32,36). The van der Waals surface area contributed by atoms with Crippen LogP contribution in [0, 0.1) is 0 Å². The Bertz CT molecular complexity index is 1570. The van der Waals surface area contributed by atoms with E-state index in [1.165, 1.54) is 11.1 Å². The highest BCUT2D eigenvalue weighted by molar-refractivity contribution is 7.08. The number of nitrogens with zero attached hydrogens (tertiary/aromatic N) is 2. The Hall–Kier alpha value is -4.10. The lowest BCUT2D eigenvalue weighted by Gasteiger charge is -2.51. The summed E-state index contributed by atoms with van der Waals surface area (Å²) in [4.78, 5) is 30.6. The molecule has 190 valence electrons. The summed E-state index contributed by atoms with van der Waals surface area (Å²) >= 11 is 1.64. The number of amides is 3. The molecule has 0 aliphatic carbocycles. The minimum atomic E-state index is -0.905. The lowest BCUT2D eigenvalue weighted by atomic mass is 9.88. The number of carbonyl (C=O) groups excluding carboxylic acids is 2. The number of nitrogens with one attached hydrogen (secondary N) is 1. The Labute approximate surface area is 225 Å². The first-order valence-corrected chi connectivity index (χ1v) is 13.9. The van der Waals surface area contributed by atoms with E-state index in [0.717, 1.165) is 28.9 Å². The molecule has 1 saturated heterocycles. The van der Waals surface area contributed by atoms with Gasteiger partial charge in [0.1, 0.15) is 5.75 Å². The molecule has 3 aliphatic rings. The maximum absolute atomic E-state index is 13.5. The van der Waals surface area contributed by atoms with E-state index in [9.17, 15) is 9.59 Å². The van der Waals surface area contributed by atoms with E-state index < -0.39 is 5.72 Å². The molecule has 1 aromatic heterocycles. The molecule has 3 aliphatic heterocycles. The van der Waals surface area contributed by atoms with Crippen molar-refractivity contribution in [2.45, 2.75) is 38.1 Å². The molecule has 7 rings (SSSR count). The summed E-state index contributed by atoms with van der Waals surface area (Å²) in [6.07, 6.45) is 1.44. The number of thiophene rings is 1. The monoisotopic (exact) mass is 521 g/mol. The maximum atomic E-state index is 13.5. The van der Waals surface area contributed by atoms with Crippen molar-refractivity contribution in [1.82, 2.24) is 10.2 Å². The molecule has 2 atom stereocenters. The number of fused-ring (bicyclic) bond motifs is 5. The summed E-state index contributed by atoms with van der Waals surface area (Å²) in [5, 5.41) is 7.35. The molecule has 6 nitrogen and oxygen atoms in total. The maximum Gasteiger partial charge on any atom is 0.325 e. The Kier molecular flexibility index (Phi) is 5.30. The fourth-order valence-electron chi connectivity index (χ4n) is 6.05. The summed E-state index contributed by atoms with van der Waals surface area (Å²) in [5.41, 5.74) is 5.90. The van der Waals surface area contributed by atoms with Crippen LogP contribution in [0.3, 0.4) is 0 Å². The van der Waals surface area contributed by atoms with E-state index in [2.05, 4.69) is 40.3 Å². The van der Waals surface area contributed by atoms with Crippen molar-refractivity contribution >= 4 is 29.0 Å². The van der Waals surface area contributed by atoms with Crippen molar-refractivity contribution in [3.05, 3.63) is 106 Å². The van der Waals surface area contributed by atoms with Crippen LogP contribution in [0.25, 0.3) is 11.1 Å². The second-order valence-electron chi connectivity index (χ2n) is 10.4. The molecular weight excluding hydrogens is 494 g/mol. The second kappa shape index (κ2) is 8.74. The first-order chi connectivity index (χ1) is 18.5. The first kappa shape index (κ1) is 23.0. The third-order valence-electron chi connectivity index (χ3n) is 7.90. The minimum absolute atomic E-state index is 0.0311. The average Bonchev–Trinajstić information content (AvgIpc) is 3.47. The van der Waals surface area contributed by atoms with Crippen LogP contribution in [-0.2, 0) is 13.0 Å². The molecule has 0 saturated carbocycles. The number of hydrogen-bond acceptors (Lipinski definition) is 4. The predicted octanol–water partition coefficient (Wildman–Crippen LogP) is 6.38. The van der Waals surface area contributed by atoms with Crippen LogP contribution < -0.4 is 15.0 Å². The molecule has 2 bridgehead atoms. The normalized spacial score (nSPS) is 21.7. The summed E-state index contributed by atoms with van der Waals surface area (Å²) in [7, 11) is 0. The number of rotatable bonds is 3. The Morgan fingerprint density at radius 3 is 2.74 bits per heavy atom. The van der Waals surface area contributed by atoms with E-state index in [-0.39, 0.29) is 18.0 Å². The van der Waals surface area contributed by atoms with E-state index in [1.54, 1.807) is 16.2 Å². The second-order valence-corrected chi connectivity index (χ2v) is 11.1. The predicted molar refractivity (Wildman–Crippen MR) is 148 cm³/mol. The molecule has 0 radical (unpaired) electrons. The van der Waals surface area contributed by atoms with Crippen molar-refractivity contribution in [3.8, 4) is 16.9 Å². The highest BCUT2D eigenvalue weighted by Crippen LogP contribution is 2.49. The van der Waals surface area contributed by atoms with Gasteiger partial charge in [-0.15, -0.1) is 0 Å². The minimum Gasteiger partial charge on any atom is -0.467 e. The lowest BCUT2D eigenvalue weighted by Crippen LogP contribution is -2.65. The molecule has 7 heteroatoms. The number of ether oxygens (including phenoxy) is 1. The van der Waals surface area contributed by atoms with Gasteiger partial charge in [-0.25, -0.2) is 4.79 Å². The summed E-state index contributed by atoms with van der Waals surface area (Å²) in [5.74, 6) is 0.769. The van der Waals surface area contributed by atoms with Crippen LogP contribution in [0.15, 0.2) is 83.6 Å². The Morgan fingerprint density at radius 1 is 1.05 bits per heavy atom. The van der Waals surface area contributed by atoms with E-state index in [1.807, 2.05) is 60.4 Å². The Balaban J connectivity index is 1.22. The fourth-order valence-corrected chi connectivity index (χ4v) is 6.71. The van der Waals surface area contributed by atoms with Gasteiger partial charge < -0.3 is 15.0 Å². The van der Waals surface area contributed by atoms with Gasteiger partial charge >= 0.3 is 6.03 Å². The SMILES string of the molecule is CC12CC(NC(=O)N1c1cccc(C(=O)N3CCc4ccccc4C3)c1)c1cccc(-c3ccsc3)c1O2. The highest BCUT2D eigenvalue weighted by Gasteiger charge is 2.50. The number of benzene rings is 3. The molecule has 38 heavy (non-hydrogen) atoms. The molecule has 3 amide bonds. The highest BCUT2D eigenvalue weighted by atomic mass is 32.1. The van der Waals surface area contributed by atoms with Crippen molar-refractivity contribution in [2.75, 3.05) is 11.4 Å². The van der Waals surface area contributed by atoms with Gasteiger partial charge in [-0.3, -0.25) is 9.69 Å². The van der Waals surface area contributed by atoms with E-state index >= 15 is 0 Å². The van der Waals surface area contributed by atoms with Crippen molar-refractivity contribution in [2.24, 2.45) is 0 Å². The third-order valence-corrected chi connectivity index (χ3v) is 8.58. The Morgan fingerprint density at radius 2 is 1.89 bits per heavy atom. The van der Waals surface area contributed by atoms with Crippen LogP contribution in [0.1, 0.15) is 46.4 Å². The van der Waals surface area contributed by atoms with Gasteiger partial charge in [0.05, 0.1) is 11.7 Å². The van der Waals surface area contributed by atoms with Gasteiger partial charge in [-0.1, -0.05) is 48.5 Å². The number of hydrogen-bond donors (Lipinski definition) is 1. The first-order valence-electron chi connectivity index (χ1n) is 12.9. The van der Waals surface area contributed by atoms with Crippen LogP contribution in [0.5, 0.6) is 5.75 Å². The summed E-state index contributed by atoms with van der Waals surface area (Å²) in [6.45, 7) is 3.23. The largest absolute Gasteiger partial charge is 0.467 e. The van der Waals surface area contributed by atoms with Crippen LogP contribution in [0.2, 0.25) is 0 Å². The summed E-state index contributed by atoms with van der Waals surface area (Å²) in [6, 6.07) is 23.5. The van der Waals surface area contributed by atoms with Crippen LogP contribution in [0.4, 0.5) is 10.5 Å². The fraction of sp³-hybridized carbons (Fsp3) is 0.226. The smallest absolute Gasteiger partial charge is 0.325 e. The molecule has 4 heterocycles. The average molecular weight is 522 g/mol. The van der Waals surface area contributed by atoms with Crippen molar-refractivity contribution in [3.63, 3.8) is 0 Å². The summed E-state index contributed by atoms with van der Waals surface area (Å²) < 4.78 is 6.71. The van der Waals surface area contributed by atoms with Gasteiger partial charge in [0.15, 0.2) is 5.72 Å². The van der Waals surface area contributed by atoms with Gasteiger partial charge in [0, 0.05) is 36.2 Å². The molecule has 1 N–H and O–H groups in total. The zero-order valence-corrected chi connectivity index (χ0v) is 21.8. The quantitative estimate of drug-likeness (QED) is 0.340. The third kappa shape index (κ3) is 3.69. The van der Waals surface area contributed by atoms with E-state index in [0.29, 0.717) is 30.8 Å². The van der Waals surface area contributed by atoms with Crippen molar-refractivity contribution < 1.29 is 14.3 Å². The van der Waals surface area contributed by atoms with Crippen LogP contribution >= 0.6 is 11.3 Å². The van der Waals surface area contributed by atoms with Gasteiger partial charge in [0.2, 0.25) is 0 Å². The number of para-hydroxylation sites is 1. The number of anilines is 1. The topological polar surface area (TPSA) is 61.9 Å². The zero-order valence-electron chi connectivity index (χ0n) is 21.0. The molecule has 0 spiro atoms. The number of carbonyl (C=O) groups is 2. The van der Waals surface area contributed by atoms with Gasteiger partial charge in [-0.05, 0) is 65.1 Å². The van der Waals surface area contributed by atoms with Crippen molar-refractivity contribution in [1.29, 1.82) is 0 Å². The van der Waals surface area contributed by atoms with E-state index in [4.69, 9.17) is 4.74 Å². The van der Waals surface area contributed by atoms with Gasteiger partial charge in [-0.2, -0.15) is 11.3 Å². The molecule has 4 aromatic rings. The zero-order chi connectivity index (χ0) is 25.9. The molecule has 2 unspecified atom stereocenters. The molecule has 3 aromatic carbocycles. The van der Waals surface area contributed by atoms with Crippen LogP contribution in [-0.4, -0.2) is 29.1 Å². The number of urea groups is 1. The molecule has 1 fully saturated rings.